The lowest BCUT2D eigenvalue weighted by molar-refractivity contribution is 0.170. The molecule has 230 valence electrons. The molecule has 2 aromatic heterocycles. The number of aromatic nitrogens is 4. The molecule has 1 fully saturated rings. The first-order chi connectivity index (χ1) is 22.8. The van der Waals surface area contributed by atoms with Gasteiger partial charge >= 0.3 is 0 Å². The Balaban J connectivity index is 1.11. The van der Waals surface area contributed by atoms with Gasteiger partial charge in [0.05, 0.1) is 27.8 Å². The molecule has 0 spiro atoms. The van der Waals surface area contributed by atoms with Crippen LogP contribution in [0.3, 0.4) is 0 Å². The highest BCUT2D eigenvalue weighted by atomic mass is 16.5. The first kappa shape index (κ1) is 28.5. The molecular formula is C40H39N5O. The number of para-hydroxylation sites is 2. The number of fused-ring (bicyclic) bond motifs is 2. The topological polar surface area (TPSA) is 56.9 Å². The second kappa shape index (κ2) is 12.8. The van der Waals surface area contributed by atoms with E-state index in [0.717, 1.165) is 90.2 Å². The molecule has 0 bridgehead atoms. The quantitative estimate of drug-likeness (QED) is 0.202. The minimum absolute atomic E-state index is 0.172. The largest absolute Gasteiger partial charge is 0.491 e. The summed E-state index contributed by atoms with van der Waals surface area (Å²) in [6.07, 6.45) is 8.99. The first-order valence-corrected chi connectivity index (χ1v) is 16.6. The van der Waals surface area contributed by atoms with Gasteiger partial charge < -0.3 is 19.2 Å². The smallest absolute Gasteiger partial charge is 0.141 e. The van der Waals surface area contributed by atoms with Crippen LogP contribution in [0.1, 0.15) is 37.3 Å². The third-order valence-electron chi connectivity index (χ3n) is 9.48. The Hall–Kier alpha value is -4.94. The highest BCUT2D eigenvalue weighted by Gasteiger charge is 2.29. The number of benzene rings is 4. The molecule has 3 heterocycles. The van der Waals surface area contributed by atoms with E-state index < -0.39 is 0 Å². The molecule has 46 heavy (non-hydrogen) atoms. The van der Waals surface area contributed by atoms with Gasteiger partial charge in [0.25, 0.3) is 0 Å². The molecule has 6 heteroatoms. The minimum atomic E-state index is 0.172. The standard InChI is InChI=1S/C40H39N5O/c1-3-11-29(12-4-1)27-44-36-17-9-7-15-34(36)42-39(44)32-19-21-33(22-20-32)46-28-38(30-23-25-41-26-24-30)45-37-18-10-8-16-35(37)43-40(45)31-13-5-2-6-14-31/h1-7,9,11-22,30,38,41H,8,10,23-28H2. The molecule has 1 aliphatic carbocycles. The van der Waals surface area contributed by atoms with Crippen LogP contribution in [0.5, 0.6) is 5.75 Å². The first-order valence-electron chi connectivity index (χ1n) is 16.6. The Kier molecular flexibility index (Phi) is 7.95. The number of rotatable bonds is 9. The molecule has 4 aromatic carbocycles. The molecule has 1 unspecified atom stereocenters. The van der Waals surface area contributed by atoms with Crippen LogP contribution in [0.2, 0.25) is 0 Å². The number of hydrogen-bond acceptors (Lipinski definition) is 4. The lowest BCUT2D eigenvalue weighted by atomic mass is 9.90. The molecule has 6 nitrogen and oxygen atoms in total. The zero-order chi connectivity index (χ0) is 30.7. The summed E-state index contributed by atoms with van der Waals surface area (Å²) in [5, 5.41) is 5.90. The average molecular weight is 606 g/mol. The van der Waals surface area contributed by atoms with E-state index in [4.69, 9.17) is 14.7 Å². The lowest BCUT2D eigenvalue weighted by Gasteiger charge is -2.33. The molecule has 1 aliphatic heterocycles. The van der Waals surface area contributed by atoms with Gasteiger partial charge in [-0.2, -0.15) is 0 Å². The summed E-state index contributed by atoms with van der Waals surface area (Å²) in [5.41, 5.74) is 5.63. The summed E-state index contributed by atoms with van der Waals surface area (Å²) in [7, 11) is 0. The van der Waals surface area contributed by atoms with Crippen molar-refractivity contribution < 1.29 is 4.74 Å². The number of imidazole rings is 2. The van der Waals surface area contributed by atoms with Gasteiger partial charge in [-0.15, -0.1) is 0 Å². The summed E-state index contributed by atoms with van der Waals surface area (Å²) in [5.74, 6) is 3.38. The highest BCUT2D eigenvalue weighted by Crippen LogP contribution is 2.32. The molecule has 2 aliphatic rings. The highest BCUT2D eigenvalue weighted by molar-refractivity contribution is 5.81. The van der Waals surface area contributed by atoms with Crippen molar-refractivity contribution in [2.45, 2.75) is 38.3 Å². The van der Waals surface area contributed by atoms with E-state index >= 15 is 0 Å². The van der Waals surface area contributed by atoms with Gasteiger partial charge in [0.15, 0.2) is 0 Å². The monoisotopic (exact) mass is 605 g/mol. The third-order valence-corrected chi connectivity index (χ3v) is 9.48. The predicted molar refractivity (Wildman–Crippen MR) is 186 cm³/mol. The summed E-state index contributed by atoms with van der Waals surface area (Å²) >= 11 is 0. The predicted octanol–water partition coefficient (Wildman–Crippen LogP) is 6.59. The molecule has 1 saturated heterocycles. The van der Waals surface area contributed by atoms with E-state index in [-0.39, 0.29) is 6.04 Å². The normalized spacial score (nSPS) is 15.6. The fourth-order valence-electron chi connectivity index (χ4n) is 7.14. The maximum Gasteiger partial charge on any atom is 0.141 e. The summed E-state index contributed by atoms with van der Waals surface area (Å²) in [6, 6.07) is 38.3. The Morgan fingerprint density at radius 1 is 0.717 bits per heavy atom. The zero-order valence-electron chi connectivity index (χ0n) is 26.1. The van der Waals surface area contributed by atoms with E-state index in [2.05, 4.69) is 136 Å². The van der Waals surface area contributed by atoms with Crippen LogP contribution in [0.25, 0.3) is 46.0 Å². The fraction of sp³-hybridized carbons (Fsp3) is 0.250. The van der Waals surface area contributed by atoms with Gasteiger partial charge in [-0.1, -0.05) is 84.9 Å². The number of nitrogens with one attached hydrogen (secondary N) is 1. The van der Waals surface area contributed by atoms with Crippen LogP contribution >= 0.6 is 0 Å². The van der Waals surface area contributed by atoms with E-state index in [9.17, 15) is 0 Å². The Labute approximate surface area is 269 Å². The van der Waals surface area contributed by atoms with Crippen molar-refractivity contribution >= 4 is 23.2 Å². The average Bonchev–Trinajstić information content (AvgIpc) is 3.69. The van der Waals surface area contributed by atoms with Gasteiger partial charge in [0, 0.05) is 17.7 Å². The molecular weight excluding hydrogens is 566 g/mol. The van der Waals surface area contributed by atoms with Gasteiger partial charge in [-0.3, -0.25) is 0 Å². The van der Waals surface area contributed by atoms with Crippen molar-refractivity contribution in [3.05, 3.63) is 125 Å². The van der Waals surface area contributed by atoms with Crippen LogP contribution in [-0.4, -0.2) is 38.8 Å². The van der Waals surface area contributed by atoms with Crippen molar-refractivity contribution in [1.82, 2.24) is 24.4 Å². The van der Waals surface area contributed by atoms with Crippen molar-refractivity contribution in [2.75, 3.05) is 19.7 Å². The lowest BCUT2D eigenvalue weighted by Crippen LogP contribution is -2.41. The van der Waals surface area contributed by atoms with E-state index in [1.165, 1.54) is 10.9 Å². The van der Waals surface area contributed by atoms with Gasteiger partial charge in [-0.25, -0.2) is 9.97 Å². The van der Waals surface area contributed by atoms with Crippen molar-refractivity contribution in [3.8, 4) is 28.5 Å². The van der Waals surface area contributed by atoms with Crippen molar-refractivity contribution in [3.63, 3.8) is 0 Å². The Morgan fingerprint density at radius 3 is 2.22 bits per heavy atom. The number of piperidine rings is 1. The number of hydrogen-bond donors (Lipinski definition) is 1. The SMILES string of the molecule is C1=c2nc(-c3ccccc3)n(C(COc3ccc(-c4nc5ccccc5n4Cc4ccccc4)cc3)C3CCNCC3)c2=CCC1. The maximum absolute atomic E-state index is 6.68. The summed E-state index contributed by atoms with van der Waals surface area (Å²) < 4.78 is 11.5. The molecule has 6 aromatic rings. The Bertz CT molecular complexity index is 2060. The molecule has 0 saturated carbocycles. The third kappa shape index (κ3) is 5.65. The fourth-order valence-corrected chi connectivity index (χ4v) is 7.14. The van der Waals surface area contributed by atoms with Crippen LogP contribution in [0, 0.1) is 5.92 Å². The molecule has 0 amide bonds. The summed E-state index contributed by atoms with van der Waals surface area (Å²) in [6.45, 7) is 3.42. The van der Waals surface area contributed by atoms with Crippen LogP contribution in [0.15, 0.2) is 109 Å². The van der Waals surface area contributed by atoms with Crippen LogP contribution < -0.4 is 20.8 Å². The maximum atomic E-state index is 6.68. The molecule has 0 radical (unpaired) electrons. The second-order valence-corrected chi connectivity index (χ2v) is 12.4. The van der Waals surface area contributed by atoms with E-state index in [1.54, 1.807) is 0 Å². The van der Waals surface area contributed by atoms with Gasteiger partial charge in [0.1, 0.15) is 24.0 Å². The van der Waals surface area contributed by atoms with Crippen LogP contribution in [-0.2, 0) is 6.54 Å². The molecule has 8 rings (SSSR count). The van der Waals surface area contributed by atoms with Crippen molar-refractivity contribution in [2.24, 2.45) is 5.92 Å². The Morgan fingerprint density at radius 2 is 1.41 bits per heavy atom. The van der Waals surface area contributed by atoms with Crippen molar-refractivity contribution in [1.29, 1.82) is 0 Å². The minimum Gasteiger partial charge on any atom is -0.491 e. The molecule has 1 atom stereocenters. The van der Waals surface area contributed by atoms with E-state index in [1.807, 2.05) is 0 Å². The number of nitrogens with zero attached hydrogens (tertiary/aromatic N) is 4. The van der Waals surface area contributed by atoms with Gasteiger partial charge in [0.2, 0.25) is 0 Å². The molecule has 1 N–H and O–H groups in total. The zero-order valence-corrected chi connectivity index (χ0v) is 26.1. The van der Waals surface area contributed by atoms with Crippen LogP contribution in [0.4, 0.5) is 0 Å². The van der Waals surface area contributed by atoms with E-state index in [0.29, 0.717) is 12.5 Å². The second-order valence-electron chi connectivity index (χ2n) is 12.4. The van der Waals surface area contributed by atoms with Gasteiger partial charge in [-0.05, 0) is 86.7 Å². The summed E-state index contributed by atoms with van der Waals surface area (Å²) in [4.78, 5) is 10.2. The number of ether oxygens (including phenoxy) is 1.